The van der Waals surface area contributed by atoms with Gasteiger partial charge in [-0.25, -0.2) is 0 Å². The van der Waals surface area contributed by atoms with Gasteiger partial charge >= 0.3 is 0 Å². The summed E-state index contributed by atoms with van der Waals surface area (Å²) in [7, 11) is 0. The fourth-order valence-corrected chi connectivity index (χ4v) is 1.39. The summed E-state index contributed by atoms with van der Waals surface area (Å²) in [4.78, 5) is 0. The van der Waals surface area contributed by atoms with Gasteiger partial charge in [0.05, 0.1) is 0 Å². The van der Waals surface area contributed by atoms with Crippen LogP contribution >= 0.6 is 0 Å². The van der Waals surface area contributed by atoms with E-state index in [2.05, 4.69) is 12.5 Å². The summed E-state index contributed by atoms with van der Waals surface area (Å²) in [5.41, 5.74) is 1.63. The van der Waals surface area contributed by atoms with Crippen molar-refractivity contribution in [2.75, 3.05) is 0 Å². The first-order valence-electron chi connectivity index (χ1n) is 2.89. The molecule has 0 aromatic carbocycles. The molecule has 36 valence electrons. The maximum Gasteiger partial charge on any atom is 0.0121 e. The Morgan fingerprint density at radius 1 is 1.71 bits per heavy atom. The molecule has 0 spiro atoms. The van der Waals surface area contributed by atoms with E-state index in [9.17, 15) is 0 Å². The van der Waals surface area contributed by atoms with Crippen LogP contribution in [0.3, 0.4) is 0 Å². The van der Waals surface area contributed by atoms with Gasteiger partial charge in [-0.2, -0.15) is 0 Å². The molecule has 1 fully saturated rings. The smallest absolute Gasteiger partial charge is 0.0121 e. The van der Waals surface area contributed by atoms with E-state index in [1.165, 1.54) is 19.3 Å². The third kappa shape index (κ3) is 0.425. The van der Waals surface area contributed by atoms with E-state index in [0.717, 1.165) is 5.92 Å². The standard InChI is InChI=1S/C7H8/c1-2-7-4-3-6(1)5-7/h1,7H,3-5H2. The lowest BCUT2D eigenvalue weighted by atomic mass is 10.1. The van der Waals surface area contributed by atoms with Crippen molar-refractivity contribution in [3.05, 3.63) is 18.1 Å². The second kappa shape index (κ2) is 1.12. The molecule has 1 saturated carbocycles. The van der Waals surface area contributed by atoms with Crippen molar-refractivity contribution in [3.63, 3.8) is 0 Å². The quantitative estimate of drug-likeness (QED) is 0.427. The van der Waals surface area contributed by atoms with Gasteiger partial charge in [0.2, 0.25) is 0 Å². The summed E-state index contributed by atoms with van der Waals surface area (Å²) in [6, 6.07) is 0. The van der Waals surface area contributed by atoms with Crippen LogP contribution < -0.4 is 0 Å². The summed E-state index contributed by atoms with van der Waals surface area (Å²) in [5, 5.41) is 0. The molecule has 2 bridgehead atoms. The Kier molecular flexibility index (Phi) is 0.592. The van der Waals surface area contributed by atoms with Gasteiger partial charge in [-0.1, -0.05) is 11.6 Å². The van der Waals surface area contributed by atoms with Crippen LogP contribution in [-0.4, -0.2) is 0 Å². The second-order valence-electron chi connectivity index (χ2n) is 2.41. The van der Waals surface area contributed by atoms with Gasteiger partial charge in [-0.15, -0.1) is 0 Å². The SMILES string of the molecule is [C]1C=C2CCC1C2. The fraction of sp³-hybridized carbons (Fsp3) is 0.571. The molecule has 0 aromatic rings. The number of rotatable bonds is 0. The second-order valence-corrected chi connectivity index (χ2v) is 2.41. The summed E-state index contributed by atoms with van der Waals surface area (Å²) in [6.07, 6.45) is 9.54. The Morgan fingerprint density at radius 3 is 2.86 bits per heavy atom. The van der Waals surface area contributed by atoms with Gasteiger partial charge in [-0.3, -0.25) is 0 Å². The summed E-state index contributed by atoms with van der Waals surface area (Å²) in [6.45, 7) is 0. The molecule has 0 saturated heterocycles. The maximum atomic E-state index is 3.29. The number of hydrogen-bond acceptors (Lipinski definition) is 0. The molecule has 0 nitrogen and oxygen atoms in total. The van der Waals surface area contributed by atoms with Gasteiger partial charge in [0.1, 0.15) is 0 Å². The molecule has 2 rings (SSSR count). The van der Waals surface area contributed by atoms with Crippen molar-refractivity contribution < 1.29 is 0 Å². The van der Waals surface area contributed by atoms with Crippen LogP contribution in [0, 0.1) is 12.3 Å². The molecule has 0 heteroatoms. The third-order valence-corrected chi connectivity index (χ3v) is 1.85. The molecule has 7 heavy (non-hydrogen) atoms. The largest absolute Gasteiger partial charge is 0.0770 e. The lowest BCUT2D eigenvalue weighted by Gasteiger charge is -1.97. The Labute approximate surface area is 44.2 Å². The highest BCUT2D eigenvalue weighted by Gasteiger charge is 2.23. The first-order chi connectivity index (χ1) is 3.45. The van der Waals surface area contributed by atoms with Crippen LogP contribution in [0.15, 0.2) is 11.6 Å². The monoisotopic (exact) mass is 92.1 g/mol. The minimum atomic E-state index is 0.829. The molecule has 0 amide bonds. The van der Waals surface area contributed by atoms with Crippen LogP contribution in [0.25, 0.3) is 0 Å². The highest BCUT2D eigenvalue weighted by atomic mass is 14.3. The number of fused-ring (bicyclic) bond motifs is 2. The van der Waals surface area contributed by atoms with Gasteiger partial charge in [0.25, 0.3) is 0 Å². The predicted octanol–water partition coefficient (Wildman–Crippen LogP) is 1.81. The van der Waals surface area contributed by atoms with E-state index in [1.54, 1.807) is 5.57 Å². The lowest BCUT2D eigenvalue weighted by Crippen LogP contribution is -1.86. The van der Waals surface area contributed by atoms with Crippen LogP contribution in [0.4, 0.5) is 0 Å². The molecule has 0 aliphatic heterocycles. The number of allylic oxidation sites excluding steroid dienone is 2. The van der Waals surface area contributed by atoms with E-state index in [1.807, 2.05) is 0 Å². The molecule has 1 atom stereocenters. The zero-order valence-corrected chi connectivity index (χ0v) is 4.28. The molecule has 2 aliphatic rings. The van der Waals surface area contributed by atoms with E-state index in [0.29, 0.717) is 0 Å². The average Bonchev–Trinajstić information content (AvgIpc) is 2.22. The van der Waals surface area contributed by atoms with Crippen LogP contribution in [0.1, 0.15) is 19.3 Å². The minimum absolute atomic E-state index is 0.829. The van der Waals surface area contributed by atoms with E-state index in [4.69, 9.17) is 0 Å². The van der Waals surface area contributed by atoms with Crippen LogP contribution in [0.5, 0.6) is 0 Å². The zero-order valence-electron chi connectivity index (χ0n) is 4.28. The van der Waals surface area contributed by atoms with Crippen LogP contribution in [0.2, 0.25) is 0 Å². The van der Waals surface area contributed by atoms with Crippen molar-refractivity contribution in [1.29, 1.82) is 0 Å². The van der Waals surface area contributed by atoms with Gasteiger partial charge in [0, 0.05) is 6.42 Å². The van der Waals surface area contributed by atoms with E-state index < -0.39 is 0 Å². The first-order valence-corrected chi connectivity index (χ1v) is 2.89. The summed E-state index contributed by atoms with van der Waals surface area (Å²) < 4.78 is 0. The van der Waals surface area contributed by atoms with Gasteiger partial charge in [0.15, 0.2) is 0 Å². The summed E-state index contributed by atoms with van der Waals surface area (Å²) >= 11 is 0. The first kappa shape index (κ1) is 3.71. The van der Waals surface area contributed by atoms with Crippen molar-refractivity contribution in [1.82, 2.24) is 0 Å². The van der Waals surface area contributed by atoms with E-state index in [-0.39, 0.29) is 0 Å². The Morgan fingerprint density at radius 2 is 2.71 bits per heavy atom. The Balaban J connectivity index is 2.30. The molecule has 2 radical (unpaired) electrons. The molecule has 2 aliphatic carbocycles. The van der Waals surface area contributed by atoms with Crippen LogP contribution in [-0.2, 0) is 0 Å². The molecular weight excluding hydrogens is 84.1 g/mol. The maximum absolute atomic E-state index is 3.29. The molecule has 0 N–H and O–H groups in total. The van der Waals surface area contributed by atoms with Crippen molar-refractivity contribution in [2.24, 2.45) is 5.92 Å². The molecule has 0 aromatic heterocycles. The Hall–Kier alpha value is -0.260. The Bertz CT molecular complexity index is 111. The molecule has 1 unspecified atom stereocenters. The highest BCUT2D eigenvalue weighted by Crippen LogP contribution is 2.38. The zero-order chi connectivity index (χ0) is 4.69. The van der Waals surface area contributed by atoms with Crippen molar-refractivity contribution >= 4 is 0 Å². The highest BCUT2D eigenvalue weighted by molar-refractivity contribution is 5.23. The predicted molar refractivity (Wildman–Crippen MR) is 28.7 cm³/mol. The topological polar surface area (TPSA) is 0 Å². The van der Waals surface area contributed by atoms with Crippen molar-refractivity contribution in [3.8, 4) is 0 Å². The molecule has 0 heterocycles. The average molecular weight is 92.1 g/mol. The normalized spacial score (nSPS) is 36.6. The van der Waals surface area contributed by atoms with Gasteiger partial charge < -0.3 is 0 Å². The molecular formula is C7H8. The third-order valence-electron chi connectivity index (χ3n) is 1.85. The van der Waals surface area contributed by atoms with E-state index >= 15 is 0 Å². The lowest BCUT2D eigenvalue weighted by molar-refractivity contribution is 0.667. The fourth-order valence-electron chi connectivity index (χ4n) is 1.39. The summed E-state index contributed by atoms with van der Waals surface area (Å²) in [5.74, 6) is 0.829. The van der Waals surface area contributed by atoms with Gasteiger partial charge in [-0.05, 0) is 25.2 Å². The number of hydrogen-bond donors (Lipinski definition) is 0. The van der Waals surface area contributed by atoms with Crippen molar-refractivity contribution in [2.45, 2.75) is 19.3 Å². The minimum Gasteiger partial charge on any atom is -0.0770 e.